The van der Waals surface area contributed by atoms with E-state index in [9.17, 15) is 0 Å². The Kier molecular flexibility index (Phi) is 2.95. The number of hydrogen-bond acceptors (Lipinski definition) is 1. The minimum absolute atomic E-state index is 0.539. The highest BCUT2D eigenvalue weighted by Gasteiger charge is 2.23. The lowest BCUT2D eigenvalue weighted by molar-refractivity contribution is 0.363. The van der Waals surface area contributed by atoms with Crippen LogP contribution in [0.4, 0.5) is 0 Å². The third-order valence-corrected chi connectivity index (χ3v) is 4.62. The van der Waals surface area contributed by atoms with Crippen molar-refractivity contribution in [2.45, 2.75) is 13.1 Å². The maximum atomic E-state index is 6.87. The van der Waals surface area contributed by atoms with Crippen LogP contribution in [0.1, 0.15) is 1.37 Å². The number of rotatable bonds is 4. The van der Waals surface area contributed by atoms with Gasteiger partial charge in [-0.05, 0) is 18.3 Å². The fraction of sp³-hybridized carbons (Fsp3) is 0.273. The standard InChI is InChI=1S/C11H16OSi/c1-4-10-12-13(2,3)11-8-6-5-7-9-11/h4-9H,1,10H2,2-3H3/i1D. The lowest BCUT2D eigenvalue weighted by Crippen LogP contribution is -2.44. The van der Waals surface area contributed by atoms with Gasteiger partial charge in [0.2, 0.25) is 8.32 Å². The molecule has 0 saturated carbocycles. The van der Waals surface area contributed by atoms with Crippen molar-refractivity contribution in [2.24, 2.45) is 0 Å². The molecule has 0 amide bonds. The SMILES string of the molecule is [2H]C=CCO[Si](C)(C)c1ccccc1. The molecule has 0 spiro atoms. The molecule has 0 saturated heterocycles. The van der Waals surface area contributed by atoms with E-state index in [1.54, 1.807) is 6.08 Å². The van der Waals surface area contributed by atoms with E-state index < -0.39 is 8.32 Å². The van der Waals surface area contributed by atoms with Crippen molar-refractivity contribution in [3.63, 3.8) is 0 Å². The van der Waals surface area contributed by atoms with Crippen LogP contribution in [0.2, 0.25) is 13.1 Å². The van der Waals surface area contributed by atoms with Crippen LogP contribution in [0.15, 0.2) is 43.0 Å². The van der Waals surface area contributed by atoms with E-state index >= 15 is 0 Å². The Hall–Kier alpha value is -0.863. The molecule has 0 fully saturated rings. The minimum Gasteiger partial charge on any atom is -0.409 e. The molecule has 0 aliphatic carbocycles. The zero-order valence-corrected chi connectivity index (χ0v) is 9.16. The molecule has 0 aliphatic heterocycles. The first-order valence-corrected chi connectivity index (χ1v) is 7.30. The van der Waals surface area contributed by atoms with Crippen molar-refractivity contribution in [1.29, 1.82) is 0 Å². The van der Waals surface area contributed by atoms with E-state index in [0.29, 0.717) is 6.61 Å². The summed E-state index contributed by atoms with van der Waals surface area (Å²) in [7, 11) is -1.75. The Balaban J connectivity index is 2.65. The molecule has 1 aromatic carbocycles. The minimum atomic E-state index is -1.75. The molecule has 1 nitrogen and oxygen atoms in total. The predicted molar refractivity (Wildman–Crippen MR) is 59.7 cm³/mol. The topological polar surface area (TPSA) is 9.23 Å². The largest absolute Gasteiger partial charge is 0.409 e. The molecular formula is C11H16OSi. The fourth-order valence-electron chi connectivity index (χ4n) is 1.18. The molecule has 0 N–H and O–H groups in total. The van der Waals surface area contributed by atoms with E-state index in [1.807, 2.05) is 18.2 Å². The van der Waals surface area contributed by atoms with Crippen LogP contribution in [0.5, 0.6) is 0 Å². The van der Waals surface area contributed by atoms with Crippen molar-refractivity contribution in [2.75, 3.05) is 6.61 Å². The quantitative estimate of drug-likeness (QED) is 0.526. The van der Waals surface area contributed by atoms with Crippen LogP contribution in [-0.4, -0.2) is 14.9 Å². The Bertz CT molecular complexity index is 295. The Morgan fingerprint density at radius 3 is 2.77 bits per heavy atom. The van der Waals surface area contributed by atoms with Gasteiger partial charge in [0.25, 0.3) is 0 Å². The zero-order valence-electron chi connectivity index (χ0n) is 9.16. The molecule has 70 valence electrons. The van der Waals surface area contributed by atoms with Gasteiger partial charge in [-0.3, -0.25) is 0 Å². The predicted octanol–water partition coefficient (Wildman–Crippen LogP) is 2.30. The van der Waals surface area contributed by atoms with E-state index in [4.69, 9.17) is 5.80 Å². The molecular weight excluding hydrogens is 176 g/mol. The molecule has 1 rings (SSSR count). The smallest absolute Gasteiger partial charge is 0.218 e. The summed E-state index contributed by atoms with van der Waals surface area (Å²) in [6.07, 6.45) is 1.72. The molecule has 13 heavy (non-hydrogen) atoms. The highest BCUT2D eigenvalue weighted by atomic mass is 28.4. The first kappa shape index (κ1) is 8.72. The molecule has 2 heteroatoms. The molecule has 0 atom stereocenters. The van der Waals surface area contributed by atoms with Crippen molar-refractivity contribution in [3.8, 4) is 0 Å². The van der Waals surface area contributed by atoms with Gasteiger partial charge in [0.05, 0.1) is 7.98 Å². The van der Waals surface area contributed by atoms with Gasteiger partial charge < -0.3 is 4.43 Å². The maximum Gasteiger partial charge on any atom is 0.218 e. The highest BCUT2D eigenvalue weighted by molar-refractivity contribution is 6.84. The monoisotopic (exact) mass is 193 g/mol. The lowest BCUT2D eigenvalue weighted by atomic mass is 10.4. The summed E-state index contributed by atoms with van der Waals surface area (Å²) in [4.78, 5) is 0. The van der Waals surface area contributed by atoms with Gasteiger partial charge in [-0.2, -0.15) is 0 Å². The third kappa shape index (κ3) is 2.83. The third-order valence-electron chi connectivity index (χ3n) is 2.01. The van der Waals surface area contributed by atoms with E-state index in [2.05, 4.69) is 25.2 Å². The normalized spacial score (nSPS) is 13.2. The van der Waals surface area contributed by atoms with Gasteiger partial charge in [0.1, 0.15) is 0 Å². The van der Waals surface area contributed by atoms with Crippen LogP contribution in [-0.2, 0) is 4.43 Å². The van der Waals surface area contributed by atoms with Crippen LogP contribution in [0.3, 0.4) is 0 Å². The summed E-state index contributed by atoms with van der Waals surface area (Å²) in [6, 6.07) is 10.3. The summed E-state index contributed by atoms with van der Waals surface area (Å²) in [5.41, 5.74) is 0. The van der Waals surface area contributed by atoms with Crippen molar-refractivity contribution >= 4 is 13.5 Å². The number of benzene rings is 1. The second kappa shape index (κ2) is 4.39. The second-order valence-electron chi connectivity index (χ2n) is 3.42. The van der Waals surface area contributed by atoms with Crippen LogP contribution in [0.25, 0.3) is 0 Å². The van der Waals surface area contributed by atoms with Crippen molar-refractivity contribution < 1.29 is 5.80 Å². The second-order valence-corrected chi connectivity index (χ2v) is 7.31. The molecule has 0 radical (unpaired) electrons. The summed E-state index contributed by atoms with van der Waals surface area (Å²) in [5.74, 6) is 0. The highest BCUT2D eigenvalue weighted by Crippen LogP contribution is 2.04. The summed E-state index contributed by atoms with van der Waals surface area (Å²) in [6.45, 7) is 6.15. The molecule has 0 heterocycles. The molecule has 0 bridgehead atoms. The first-order chi connectivity index (χ1) is 6.67. The van der Waals surface area contributed by atoms with Crippen LogP contribution >= 0.6 is 0 Å². The summed E-state index contributed by atoms with van der Waals surface area (Å²) in [5, 5.41) is 1.29. The van der Waals surface area contributed by atoms with Crippen molar-refractivity contribution in [3.05, 3.63) is 43.0 Å². The van der Waals surface area contributed by atoms with E-state index in [0.717, 1.165) is 0 Å². The summed E-state index contributed by atoms with van der Waals surface area (Å²) < 4.78 is 12.7. The van der Waals surface area contributed by atoms with E-state index in [-0.39, 0.29) is 0 Å². The van der Waals surface area contributed by atoms with E-state index in [1.165, 1.54) is 11.7 Å². The van der Waals surface area contributed by atoms with Gasteiger partial charge in [0.15, 0.2) is 0 Å². The molecule has 0 aromatic heterocycles. The Morgan fingerprint density at radius 2 is 2.15 bits per heavy atom. The molecule has 0 aliphatic rings. The van der Waals surface area contributed by atoms with Crippen LogP contribution in [0, 0.1) is 0 Å². The van der Waals surface area contributed by atoms with Crippen molar-refractivity contribution in [1.82, 2.24) is 0 Å². The lowest BCUT2D eigenvalue weighted by Gasteiger charge is -2.22. The van der Waals surface area contributed by atoms with Gasteiger partial charge in [-0.15, -0.1) is 6.55 Å². The van der Waals surface area contributed by atoms with Gasteiger partial charge in [-0.1, -0.05) is 36.4 Å². The first-order valence-electron chi connectivity index (χ1n) is 4.97. The Labute approximate surface area is 82.6 Å². The van der Waals surface area contributed by atoms with Crippen LogP contribution < -0.4 is 5.19 Å². The van der Waals surface area contributed by atoms with Gasteiger partial charge in [0, 0.05) is 0 Å². The molecule has 1 aromatic rings. The molecule has 0 unspecified atom stereocenters. The Morgan fingerprint density at radius 1 is 1.46 bits per heavy atom. The maximum absolute atomic E-state index is 6.87. The summed E-state index contributed by atoms with van der Waals surface area (Å²) >= 11 is 0. The average Bonchev–Trinajstić information content (AvgIpc) is 2.19. The van der Waals surface area contributed by atoms with Gasteiger partial charge in [-0.25, -0.2) is 0 Å². The average molecular weight is 193 g/mol. The fourth-order valence-corrected chi connectivity index (χ4v) is 2.85. The zero-order chi connectivity index (χ0) is 10.4. The number of hydrogen-bond donors (Lipinski definition) is 0. The van der Waals surface area contributed by atoms with Gasteiger partial charge >= 0.3 is 0 Å².